The van der Waals surface area contributed by atoms with Crippen molar-refractivity contribution in [3.8, 4) is 0 Å². The van der Waals surface area contributed by atoms with E-state index in [-0.39, 0.29) is 5.41 Å². The molecule has 0 nitrogen and oxygen atoms in total. The van der Waals surface area contributed by atoms with Crippen LogP contribution in [0.15, 0.2) is 48.6 Å². The first-order valence-corrected chi connectivity index (χ1v) is 5.65. The summed E-state index contributed by atoms with van der Waals surface area (Å²) in [6.07, 6.45) is 2.26. The molecule has 0 aliphatic heterocycles. The van der Waals surface area contributed by atoms with Crippen LogP contribution in [-0.4, -0.2) is 0 Å². The van der Waals surface area contributed by atoms with Crippen molar-refractivity contribution in [3.63, 3.8) is 0 Å². The molecule has 0 saturated heterocycles. The number of allylic oxidation sites excluding steroid dienone is 4. The second-order valence-electron chi connectivity index (χ2n) is 4.80. The van der Waals surface area contributed by atoms with E-state index in [0.29, 0.717) is 5.92 Å². The van der Waals surface area contributed by atoms with Crippen LogP contribution in [0.2, 0.25) is 0 Å². The summed E-state index contributed by atoms with van der Waals surface area (Å²) in [5, 5.41) is 0. The molecule has 0 heterocycles. The maximum atomic E-state index is 4.16. The lowest BCUT2D eigenvalue weighted by Crippen LogP contribution is -2.26. The third kappa shape index (κ3) is 1.62. The Labute approximate surface area is 94.1 Å². The van der Waals surface area contributed by atoms with Crippen molar-refractivity contribution in [2.45, 2.75) is 33.6 Å². The van der Waals surface area contributed by atoms with Crippen molar-refractivity contribution in [2.75, 3.05) is 0 Å². The van der Waals surface area contributed by atoms with Crippen LogP contribution in [0.3, 0.4) is 0 Å². The molecular weight excluding hydrogens is 180 g/mol. The first kappa shape index (κ1) is 12.0. The van der Waals surface area contributed by atoms with Gasteiger partial charge < -0.3 is 0 Å². The molecule has 15 heavy (non-hydrogen) atoms. The molecule has 1 saturated carbocycles. The Morgan fingerprint density at radius 3 is 1.53 bits per heavy atom. The quantitative estimate of drug-likeness (QED) is 0.624. The topological polar surface area (TPSA) is 0 Å². The predicted molar refractivity (Wildman–Crippen MR) is 68.7 cm³/mol. The van der Waals surface area contributed by atoms with Gasteiger partial charge in [0.15, 0.2) is 0 Å². The van der Waals surface area contributed by atoms with Crippen molar-refractivity contribution in [1.29, 1.82) is 0 Å². The molecule has 82 valence electrons. The molecule has 1 aliphatic carbocycles. The van der Waals surface area contributed by atoms with Crippen molar-refractivity contribution in [3.05, 3.63) is 48.6 Å². The summed E-state index contributed by atoms with van der Waals surface area (Å²) < 4.78 is 0. The number of hydrogen-bond acceptors (Lipinski definition) is 0. The van der Waals surface area contributed by atoms with E-state index in [0.717, 1.165) is 35.1 Å². The largest absolute Gasteiger partial charge is 0.0946 e. The molecule has 0 atom stereocenters. The zero-order valence-corrected chi connectivity index (χ0v) is 10.3. The monoisotopic (exact) mass is 202 g/mol. The Kier molecular flexibility index (Phi) is 3.08. The van der Waals surface area contributed by atoms with Gasteiger partial charge in [0.25, 0.3) is 0 Å². The highest BCUT2D eigenvalue weighted by atomic mass is 14.4. The third-order valence-corrected chi connectivity index (χ3v) is 4.15. The predicted octanol–water partition coefficient (Wildman–Crippen LogP) is 4.67. The van der Waals surface area contributed by atoms with Crippen LogP contribution in [0.5, 0.6) is 0 Å². The van der Waals surface area contributed by atoms with E-state index in [1.165, 1.54) is 0 Å². The van der Waals surface area contributed by atoms with E-state index in [1.807, 2.05) is 0 Å². The first-order chi connectivity index (χ1) is 6.89. The highest BCUT2D eigenvalue weighted by Crippen LogP contribution is 2.52. The van der Waals surface area contributed by atoms with Crippen LogP contribution in [0.1, 0.15) is 33.6 Å². The molecule has 0 aromatic rings. The normalized spacial score (nSPS) is 19.1. The van der Waals surface area contributed by atoms with Gasteiger partial charge >= 0.3 is 0 Å². The Balaban J connectivity index is 3.17. The summed E-state index contributed by atoms with van der Waals surface area (Å²) in [5.41, 5.74) is 4.49. The van der Waals surface area contributed by atoms with Crippen LogP contribution >= 0.6 is 0 Å². The van der Waals surface area contributed by atoms with E-state index in [4.69, 9.17) is 0 Å². The molecule has 0 bridgehead atoms. The van der Waals surface area contributed by atoms with Gasteiger partial charge in [0.2, 0.25) is 0 Å². The zero-order valence-electron chi connectivity index (χ0n) is 10.3. The Morgan fingerprint density at radius 1 is 0.933 bits per heavy atom. The second-order valence-corrected chi connectivity index (χ2v) is 4.80. The van der Waals surface area contributed by atoms with Crippen molar-refractivity contribution >= 4 is 0 Å². The van der Waals surface area contributed by atoms with E-state index in [9.17, 15) is 0 Å². The van der Waals surface area contributed by atoms with E-state index in [2.05, 4.69) is 47.1 Å². The fraction of sp³-hybridized carbons (Fsp3) is 0.467. The molecule has 0 N–H and O–H groups in total. The summed E-state index contributed by atoms with van der Waals surface area (Å²) in [6, 6.07) is 0. The minimum absolute atomic E-state index is 0.247. The molecule has 0 amide bonds. The van der Waals surface area contributed by atoms with E-state index in [1.54, 1.807) is 0 Å². The number of hydrogen-bond donors (Lipinski definition) is 0. The van der Waals surface area contributed by atoms with E-state index >= 15 is 0 Å². The Bertz CT molecular complexity index is 311. The zero-order chi connectivity index (χ0) is 11.8. The molecule has 0 aromatic heterocycles. The third-order valence-electron chi connectivity index (χ3n) is 4.15. The van der Waals surface area contributed by atoms with Gasteiger partial charge in [-0.15, -0.1) is 0 Å². The van der Waals surface area contributed by atoms with Gasteiger partial charge in [-0.2, -0.15) is 0 Å². The van der Waals surface area contributed by atoms with Gasteiger partial charge in [-0.05, 0) is 40.5 Å². The maximum Gasteiger partial charge on any atom is 0.0143 e. The smallest absolute Gasteiger partial charge is 0.0143 e. The van der Waals surface area contributed by atoms with Crippen molar-refractivity contribution in [2.24, 2.45) is 11.3 Å². The summed E-state index contributed by atoms with van der Waals surface area (Å²) >= 11 is 0. The molecule has 0 radical (unpaired) electrons. The molecule has 0 aromatic carbocycles. The van der Waals surface area contributed by atoms with Gasteiger partial charge in [0, 0.05) is 5.92 Å². The average molecular weight is 202 g/mol. The van der Waals surface area contributed by atoms with Crippen LogP contribution in [0.25, 0.3) is 0 Å². The lowest BCUT2D eigenvalue weighted by Gasteiger charge is -2.35. The first-order valence-electron chi connectivity index (χ1n) is 5.65. The van der Waals surface area contributed by atoms with Crippen molar-refractivity contribution in [1.82, 2.24) is 0 Å². The molecule has 0 unspecified atom stereocenters. The van der Waals surface area contributed by atoms with Gasteiger partial charge in [0.1, 0.15) is 0 Å². The SMILES string of the molecule is C=C1C(=C)C(=C)C(C(C)(CC)CC)C1=C. The molecule has 1 aliphatic rings. The lowest BCUT2D eigenvalue weighted by molar-refractivity contribution is 0.235. The number of rotatable bonds is 3. The Hall–Kier alpha value is -1.04. The molecule has 1 rings (SSSR count). The van der Waals surface area contributed by atoms with Gasteiger partial charge in [-0.3, -0.25) is 0 Å². The minimum Gasteiger partial charge on any atom is -0.0946 e. The van der Waals surface area contributed by atoms with Crippen LogP contribution in [0, 0.1) is 11.3 Å². The summed E-state index contributed by atoms with van der Waals surface area (Å²) in [6.45, 7) is 23.2. The van der Waals surface area contributed by atoms with Gasteiger partial charge in [-0.1, -0.05) is 47.1 Å². The molecular formula is C15H22. The highest BCUT2D eigenvalue weighted by Gasteiger charge is 2.40. The molecule has 1 fully saturated rings. The fourth-order valence-electron chi connectivity index (χ4n) is 2.45. The van der Waals surface area contributed by atoms with Gasteiger partial charge in [-0.25, -0.2) is 0 Å². The maximum absolute atomic E-state index is 4.16. The average Bonchev–Trinajstić information content (AvgIpc) is 2.43. The van der Waals surface area contributed by atoms with Crippen molar-refractivity contribution < 1.29 is 0 Å². The fourth-order valence-corrected chi connectivity index (χ4v) is 2.45. The summed E-state index contributed by atoms with van der Waals surface area (Å²) in [7, 11) is 0. The summed E-state index contributed by atoms with van der Waals surface area (Å²) in [4.78, 5) is 0. The summed E-state index contributed by atoms with van der Waals surface area (Å²) in [5.74, 6) is 0.340. The minimum atomic E-state index is 0.247. The second kappa shape index (κ2) is 3.84. The van der Waals surface area contributed by atoms with Gasteiger partial charge in [0.05, 0.1) is 0 Å². The van der Waals surface area contributed by atoms with E-state index < -0.39 is 0 Å². The molecule has 0 heteroatoms. The molecule has 0 spiro atoms. The van der Waals surface area contributed by atoms with Crippen LogP contribution < -0.4 is 0 Å². The highest BCUT2D eigenvalue weighted by molar-refractivity contribution is 5.63. The van der Waals surface area contributed by atoms with Crippen LogP contribution in [-0.2, 0) is 0 Å². The van der Waals surface area contributed by atoms with Crippen LogP contribution in [0.4, 0.5) is 0 Å². The standard InChI is InChI=1S/C15H22/c1-8-15(7,9-2)14-12(5)10(3)11(4)13(14)6/h14H,3-6,8-9H2,1-2,7H3. The lowest BCUT2D eigenvalue weighted by atomic mass is 9.69. The Morgan fingerprint density at radius 2 is 1.27 bits per heavy atom.